The molecule has 0 aromatic carbocycles. The number of rotatable bonds is 0. The summed E-state index contributed by atoms with van der Waals surface area (Å²) >= 11 is 0. The van der Waals surface area contributed by atoms with Gasteiger partial charge in [0.2, 0.25) is 0 Å². The Labute approximate surface area is 101 Å². The maximum atomic E-state index is 4.81. The molecule has 0 amide bonds. The predicted molar refractivity (Wildman–Crippen MR) is 67.2 cm³/mol. The van der Waals surface area contributed by atoms with Crippen molar-refractivity contribution in [3.63, 3.8) is 0 Å². The standard InChI is InChI=1S/C14H17N3/c1-9-3-6-13-15-11-7-10-4-5-12(16(10)2)14(11)17(13)8-9/h3,6,8,10,12H,4-5,7H2,1-2H3. The fraction of sp³-hybridized carbons (Fsp3) is 0.500. The van der Waals surface area contributed by atoms with Gasteiger partial charge in [-0.15, -0.1) is 0 Å². The van der Waals surface area contributed by atoms with Crippen LogP contribution in [0.25, 0.3) is 5.65 Å². The summed E-state index contributed by atoms with van der Waals surface area (Å²) in [5.41, 5.74) is 5.20. The molecule has 3 nitrogen and oxygen atoms in total. The van der Waals surface area contributed by atoms with Gasteiger partial charge in [-0.25, -0.2) is 4.98 Å². The molecule has 88 valence electrons. The molecule has 2 aromatic rings. The first-order valence-electron chi connectivity index (χ1n) is 6.43. The molecule has 3 heteroatoms. The van der Waals surface area contributed by atoms with E-state index < -0.39 is 0 Å². The molecule has 0 spiro atoms. The monoisotopic (exact) mass is 227 g/mol. The van der Waals surface area contributed by atoms with Crippen molar-refractivity contribution in [3.05, 3.63) is 35.3 Å². The molecular weight excluding hydrogens is 210 g/mol. The zero-order valence-electron chi connectivity index (χ0n) is 10.3. The number of hydrogen-bond acceptors (Lipinski definition) is 2. The van der Waals surface area contributed by atoms with Crippen molar-refractivity contribution in [1.82, 2.24) is 14.3 Å². The maximum absolute atomic E-state index is 4.81. The summed E-state index contributed by atoms with van der Waals surface area (Å²) in [4.78, 5) is 7.35. The molecule has 4 rings (SSSR count). The molecule has 0 N–H and O–H groups in total. The Kier molecular flexibility index (Phi) is 1.76. The van der Waals surface area contributed by atoms with Crippen molar-refractivity contribution in [1.29, 1.82) is 0 Å². The van der Waals surface area contributed by atoms with Gasteiger partial charge in [0.1, 0.15) is 5.65 Å². The molecule has 2 bridgehead atoms. The topological polar surface area (TPSA) is 20.5 Å². The minimum atomic E-state index is 0.584. The fourth-order valence-corrected chi connectivity index (χ4v) is 3.53. The van der Waals surface area contributed by atoms with E-state index in [1.807, 2.05) is 0 Å². The van der Waals surface area contributed by atoms with Gasteiger partial charge in [0.25, 0.3) is 0 Å². The second kappa shape index (κ2) is 3.10. The Morgan fingerprint density at radius 2 is 2.18 bits per heavy atom. The van der Waals surface area contributed by atoms with Crippen molar-refractivity contribution in [2.75, 3.05) is 7.05 Å². The number of hydrogen-bond donors (Lipinski definition) is 0. The van der Waals surface area contributed by atoms with Gasteiger partial charge in [0, 0.05) is 18.7 Å². The Hall–Kier alpha value is -1.35. The van der Waals surface area contributed by atoms with Crippen LogP contribution in [-0.4, -0.2) is 27.4 Å². The zero-order valence-corrected chi connectivity index (χ0v) is 10.3. The summed E-state index contributed by atoms with van der Waals surface area (Å²) in [5.74, 6) is 0. The molecule has 2 atom stereocenters. The first-order chi connectivity index (χ1) is 8.24. The second-order valence-electron chi connectivity index (χ2n) is 5.49. The quantitative estimate of drug-likeness (QED) is 0.688. The lowest BCUT2D eigenvalue weighted by Crippen LogP contribution is -2.34. The number of pyridine rings is 1. The molecule has 2 aromatic heterocycles. The zero-order chi connectivity index (χ0) is 11.6. The van der Waals surface area contributed by atoms with Crippen LogP contribution in [0.2, 0.25) is 0 Å². The number of likely N-dealkylation sites (N-methyl/N-ethyl adjacent to an activating group) is 1. The normalized spacial score (nSPS) is 27.6. The molecule has 0 radical (unpaired) electrons. The predicted octanol–water partition coefficient (Wildman–Crippen LogP) is 2.33. The van der Waals surface area contributed by atoms with E-state index in [9.17, 15) is 0 Å². The average molecular weight is 227 g/mol. The lowest BCUT2D eigenvalue weighted by Gasteiger charge is -2.30. The summed E-state index contributed by atoms with van der Waals surface area (Å²) in [6.45, 7) is 2.15. The second-order valence-corrected chi connectivity index (χ2v) is 5.49. The molecule has 1 fully saturated rings. The summed E-state index contributed by atoms with van der Waals surface area (Å²) in [6, 6.07) is 5.59. The van der Waals surface area contributed by atoms with E-state index in [1.165, 1.54) is 29.8 Å². The molecule has 1 saturated heterocycles. The van der Waals surface area contributed by atoms with Crippen LogP contribution >= 0.6 is 0 Å². The van der Waals surface area contributed by atoms with Gasteiger partial charge < -0.3 is 4.40 Å². The number of aryl methyl sites for hydroxylation is 1. The summed E-state index contributed by atoms with van der Waals surface area (Å²) in [7, 11) is 2.26. The largest absolute Gasteiger partial charge is 0.302 e. The number of nitrogens with zero attached hydrogens (tertiary/aromatic N) is 3. The van der Waals surface area contributed by atoms with Crippen LogP contribution in [0.5, 0.6) is 0 Å². The van der Waals surface area contributed by atoms with Crippen molar-refractivity contribution in [2.45, 2.75) is 38.3 Å². The summed E-state index contributed by atoms with van der Waals surface area (Å²) in [5, 5.41) is 0. The number of aromatic nitrogens is 2. The third-order valence-electron chi connectivity index (χ3n) is 4.47. The molecule has 0 aliphatic carbocycles. The lowest BCUT2D eigenvalue weighted by atomic mass is 10.0. The Balaban J connectivity index is 2.02. The molecule has 2 aliphatic rings. The molecule has 2 unspecified atom stereocenters. The van der Waals surface area contributed by atoms with E-state index in [4.69, 9.17) is 4.98 Å². The van der Waals surface area contributed by atoms with E-state index in [2.05, 4.69) is 41.6 Å². The molecule has 4 heterocycles. The fourth-order valence-electron chi connectivity index (χ4n) is 3.53. The third kappa shape index (κ3) is 1.18. The van der Waals surface area contributed by atoms with Crippen LogP contribution in [-0.2, 0) is 6.42 Å². The number of imidazole rings is 1. The smallest absolute Gasteiger partial charge is 0.137 e. The Bertz CT molecular complexity index is 599. The van der Waals surface area contributed by atoms with Crippen LogP contribution < -0.4 is 0 Å². The van der Waals surface area contributed by atoms with Crippen molar-refractivity contribution < 1.29 is 0 Å². The first-order valence-corrected chi connectivity index (χ1v) is 6.43. The summed E-state index contributed by atoms with van der Waals surface area (Å²) < 4.78 is 2.31. The highest BCUT2D eigenvalue weighted by Crippen LogP contribution is 2.42. The van der Waals surface area contributed by atoms with Crippen LogP contribution in [0.1, 0.15) is 35.8 Å². The van der Waals surface area contributed by atoms with Crippen LogP contribution in [0.15, 0.2) is 18.3 Å². The van der Waals surface area contributed by atoms with Gasteiger partial charge in [-0.05, 0) is 38.4 Å². The Morgan fingerprint density at radius 3 is 3.06 bits per heavy atom. The average Bonchev–Trinajstić information content (AvgIpc) is 2.76. The van der Waals surface area contributed by atoms with Crippen molar-refractivity contribution >= 4 is 5.65 Å². The molecular formula is C14H17N3. The minimum Gasteiger partial charge on any atom is -0.302 e. The van der Waals surface area contributed by atoms with Crippen molar-refractivity contribution in [2.24, 2.45) is 0 Å². The van der Waals surface area contributed by atoms with Crippen LogP contribution in [0.3, 0.4) is 0 Å². The van der Waals surface area contributed by atoms with Crippen molar-refractivity contribution in [3.8, 4) is 0 Å². The maximum Gasteiger partial charge on any atom is 0.137 e. The first kappa shape index (κ1) is 9.66. The van der Waals surface area contributed by atoms with Gasteiger partial charge >= 0.3 is 0 Å². The van der Waals surface area contributed by atoms with E-state index in [0.717, 1.165) is 18.1 Å². The van der Waals surface area contributed by atoms with Crippen LogP contribution in [0, 0.1) is 6.92 Å². The minimum absolute atomic E-state index is 0.584. The summed E-state index contributed by atoms with van der Waals surface area (Å²) in [6.07, 6.45) is 5.97. The Morgan fingerprint density at radius 1 is 1.29 bits per heavy atom. The van der Waals surface area contributed by atoms with Gasteiger partial charge in [-0.2, -0.15) is 0 Å². The molecule has 0 saturated carbocycles. The van der Waals surface area contributed by atoms with Gasteiger partial charge in [-0.3, -0.25) is 4.90 Å². The van der Waals surface area contributed by atoms with E-state index >= 15 is 0 Å². The lowest BCUT2D eigenvalue weighted by molar-refractivity contribution is 0.218. The SMILES string of the molecule is Cc1ccc2nc3c(n2c1)C1CCC(C3)N1C. The molecule has 2 aliphatic heterocycles. The van der Waals surface area contributed by atoms with E-state index in [-0.39, 0.29) is 0 Å². The number of fused-ring (bicyclic) bond motifs is 6. The molecule has 17 heavy (non-hydrogen) atoms. The highest BCUT2D eigenvalue weighted by atomic mass is 15.2. The highest BCUT2D eigenvalue weighted by molar-refractivity contribution is 5.47. The van der Waals surface area contributed by atoms with Crippen LogP contribution in [0.4, 0.5) is 0 Å². The van der Waals surface area contributed by atoms with E-state index in [0.29, 0.717) is 6.04 Å². The van der Waals surface area contributed by atoms with Gasteiger partial charge in [0.05, 0.1) is 17.4 Å². The highest BCUT2D eigenvalue weighted by Gasteiger charge is 2.40. The van der Waals surface area contributed by atoms with Gasteiger partial charge in [0.15, 0.2) is 0 Å². The van der Waals surface area contributed by atoms with Gasteiger partial charge in [-0.1, -0.05) is 6.07 Å². The van der Waals surface area contributed by atoms with E-state index in [1.54, 1.807) is 0 Å². The third-order valence-corrected chi connectivity index (χ3v) is 4.47.